The third-order valence-electron chi connectivity index (χ3n) is 2.60. The third-order valence-corrected chi connectivity index (χ3v) is 3.95. The molecule has 0 radical (unpaired) electrons. The van der Waals surface area contributed by atoms with Crippen LogP contribution in [0.2, 0.25) is 0 Å². The highest BCUT2D eigenvalue weighted by molar-refractivity contribution is 8.13. The van der Waals surface area contributed by atoms with Gasteiger partial charge in [0, 0.05) is 17.1 Å². The van der Waals surface area contributed by atoms with E-state index >= 15 is 0 Å². The number of ether oxygens (including phenoxy) is 2. The van der Waals surface area contributed by atoms with E-state index in [0.717, 1.165) is 0 Å². The standard InChI is InChI=1S/C12H13ClO5S/c1-7(2)17-12(14)11-6-8-5-9(19(13,15)16)3-4-10(8)18-11/h3-5,7,11H,6H2,1-2H3. The Bertz CT molecular complexity index is 609. The fraction of sp³-hybridized carbons (Fsp3) is 0.417. The zero-order chi connectivity index (χ0) is 14.2. The molecular weight excluding hydrogens is 292 g/mol. The molecule has 0 aromatic heterocycles. The molecule has 7 heteroatoms. The fourth-order valence-electron chi connectivity index (χ4n) is 1.82. The summed E-state index contributed by atoms with van der Waals surface area (Å²) in [5.74, 6) is 0.0243. The van der Waals surface area contributed by atoms with Gasteiger partial charge in [-0.15, -0.1) is 0 Å². The van der Waals surface area contributed by atoms with Crippen LogP contribution in [-0.4, -0.2) is 26.6 Å². The van der Waals surface area contributed by atoms with E-state index in [-0.39, 0.29) is 17.4 Å². The first-order valence-corrected chi connectivity index (χ1v) is 8.03. The number of fused-ring (bicyclic) bond motifs is 1. The second-order valence-corrected chi connectivity index (χ2v) is 7.07. The van der Waals surface area contributed by atoms with Gasteiger partial charge in [-0.25, -0.2) is 13.2 Å². The van der Waals surface area contributed by atoms with Crippen LogP contribution in [0.4, 0.5) is 0 Å². The number of benzene rings is 1. The summed E-state index contributed by atoms with van der Waals surface area (Å²) in [5.41, 5.74) is 0.632. The summed E-state index contributed by atoms with van der Waals surface area (Å²) in [5, 5.41) is 0. The molecule has 1 atom stereocenters. The highest BCUT2D eigenvalue weighted by Crippen LogP contribution is 2.32. The van der Waals surface area contributed by atoms with Crippen molar-refractivity contribution in [1.29, 1.82) is 0 Å². The lowest BCUT2D eigenvalue weighted by molar-refractivity contribution is -0.154. The van der Waals surface area contributed by atoms with Crippen molar-refractivity contribution in [3.8, 4) is 5.75 Å². The van der Waals surface area contributed by atoms with Crippen LogP contribution in [0.3, 0.4) is 0 Å². The van der Waals surface area contributed by atoms with Crippen molar-refractivity contribution in [3.63, 3.8) is 0 Å². The first kappa shape index (κ1) is 14.1. The molecule has 0 aliphatic carbocycles. The number of esters is 1. The van der Waals surface area contributed by atoms with E-state index < -0.39 is 21.1 Å². The highest BCUT2D eigenvalue weighted by atomic mass is 35.7. The first-order valence-electron chi connectivity index (χ1n) is 5.72. The molecule has 0 bridgehead atoms. The summed E-state index contributed by atoms with van der Waals surface area (Å²) in [4.78, 5) is 11.7. The molecule has 0 saturated heterocycles. The van der Waals surface area contributed by atoms with E-state index in [1.165, 1.54) is 18.2 Å². The molecule has 1 aromatic carbocycles. The van der Waals surface area contributed by atoms with Crippen molar-refractivity contribution in [2.24, 2.45) is 0 Å². The van der Waals surface area contributed by atoms with Crippen molar-refractivity contribution in [1.82, 2.24) is 0 Å². The molecular formula is C12H13ClO5S. The number of halogens is 1. The largest absolute Gasteiger partial charge is 0.478 e. The molecule has 0 amide bonds. The predicted octanol–water partition coefficient (Wildman–Crippen LogP) is 1.87. The van der Waals surface area contributed by atoms with E-state index in [2.05, 4.69) is 0 Å². The molecule has 1 heterocycles. The molecule has 1 aliphatic heterocycles. The smallest absolute Gasteiger partial charge is 0.347 e. The van der Waals surface area contributed by atoms with Gasteiger partial charge in [0.2, 0.25) is 0 Å². The van der Waals surface area contributed by atoms with Gasteiger partial charge in [-0.3, -0.25) is 0 Å². The molecule has 0 spiro atoms. The van der Waals surface area contributed by atoms with Crippen LogP contribution in [0, 0.1) is 0 Å². The van der Waals surface area contributed by atoms with Gasteiger partial charge in [-0.2, -0.15) is 0 Å². The van der Waals surface area contributed by atoms with Crippen molar-refractivity contribution in [3.05, 3.63) is 23.8 Å². The first-order chi connectivity index (χ1) is 8.77. The Morgan fingerprint density at radius 1 is 1.47 bits per heavy atom. The number of rotatable bonds is 3. The lowest BCUT2D eigenvalue weighted by Crippen LogP contribution is -2.29. The maximum atomic E-state index is 11.7. The zero-order valence-electron chi connectivity index (χ0n) is 10.4. The average molecular weight is 305 g/mol. The summed E-state index contributed by atoms with van der Waals surface area (Å²) in [7, 11) is 1.49. The van der Waals surface area contributed by atoms with E-state index in [0.29, 0.717) is 11.3 Å². The minimum absolute atomic E-state index is 0.00519. The predicted molar refractivity (Wildman–Crippen MR) is 68.8 cm³/mol. The minimum Gasteiger partial charge on any atom is -0.478 e. The maximum absolute atomic E-state index is 11.7. The van der Waals surface area contributed by atoms with Crippen molar-refractivity contribution in [2.45, 2.75) is 37.4 Å². The quantitative estimate of drug-likeness (QED) is 0.630. The van der Waals surface area contributed by atoms with Gasteiger partial charge < -0.3 is 9.47 Å². The molecule has 19 heavy (non-hydrogen) atoms. The van der Waals surface area contributed by atoms with Crippen LogP contribution >= 0.6 is 10.7 Å². The molecule has 0 saturated carbocycles. The van der Waals surface area contributed by atoms with Crippen LogP contribution in [0.15, 0.2) is 23.1 Å². The van der Waals surface area contributed by atoms with Gasteiger partial charge >= 0.3 is 5.97 Å². The van der Waals surface area contributed by atoms with Crippen molar-refractivity contribution < 1.29 is 22.7 Å². The summed E-state index contributed by atoms with van der Waals surface area (Å²) in [6, 6.07) is 4.25. The maximum Gasteiger partial charge on any atom is 0.347 e. The third kappa shape index (κ3) is 3.19. The lowest BCUT2D eigenvalue weighted by atomic mass is 10.1. The van der Waals surface area contributed by atoms with E-state index in [1.54, 1.807) is 13.8 Å². The molecule has 5 nitrogen and oxygen atoms in total. The van der Waals surface area contributed by atoms with Gasteiger partial charge in [0.25, 0.3) is 9.05 Å². The highest BCUT2D eigenvalue weighted by Gasteiger charge is 2.31. The molecule has 1 aromatic rings. The van der Waals surface area contributed by atoms with E-state index in [1.807, 2.05) is 0 Å². The van der Waals surface area contributed by atoms with Gasteiger partial charge in [0.05, 0.1) is 11.0 Å². The Morgan fingerprint density at radius 3 is 2.74 bits per heavy atom. The number of hydrogen-bond acceptors (Lipinski definition) is 5. The van der Waals surface area contributed by atoms with Gasteiger partial charge in [-0.05, 0) is 37.6 Å². The second-order valence-electron chi connectivity index (χ2n) is 4.50. The molecule has 0 N–H and O–H groups in total. The normalized spacial score (nSPS) is 18.0. The van der Waals surface area contributed by atoms with Crippen molar-refractivity contribution >= 4 is 25.7 Å². The van der Waals surface area contributed by atoms with Crippen LogP contribution in [0.25, 0.3) is 0 Å². The average Bonchev–Trinajstić information content (AvgIpc) is 2.69. The van der Waals surface area contributed by atoms with Crippen LogP contribution in [0.1, 0.15) is 19.4 Å². The fourth-order valence-corrected chi connectivity index (χ4v) is 2.62. The van der Waals surface area contributed by atoms with Crippen LogP contribution in [0.5, 0.6) is 5.75 Å². The summed E-state index contributed by atoms with van der Waals surface area (Å²) < 4.78 is 32.9. The second kappa shape index (κ2) is 5.02. The monoisotopic (exact) mass is 304 g/mol. The topological polar surface area (TPSA) is 69.7 Å². The summed E-state index contributed by atoms with van der Waals surface area (Å²) in [6.07, 6.45) is -0.675. The Balaban J connectivity index is 2.19. The number of hydrogen-bond donors (Lipinski definition) is 0. The van der Waals surface area contributed by atoms with Crippen LogP contribution in [-0.2, 0) is 25.0 Å². The molecule has 104 valence electrons. The summed E-state index contributed by atoms with van der Waals surface area (Å²) in [6.45, 7) is 3.50. The Morgan fingerprint density at radius 2 is 2.16 bits per heavy atom. The number of carbonyl (C=O) groups excluding carboxylic acids is 1. The van der Waals surface area contributed by atoms with Gasteiger partial charge in [0.15, 0.2) is 6.10 Å². The van der Waals surface area contributed by atoms with E-state index in [4.69, 9.17) is 20.2 Å². The Kier molecular flexibility index (Phi) is 3.73. The SMILES string of the molecule is CC(C)OC(=O)C1Cc2cc(S(=O)(=O)Cl)ccc2O1. The Hall–Kier alpha value is -1.27. The summed E-state index contributed by atoms with van der Waals surface area (Å²) >= 11 is 0. The molecule has 1 aliphatic rings. The molecule has 2 rings (SSSR count). The van der Waals surface area contributed by atoms with Gasteiger partial charge in [0.1, 0.15) is 5.75 Å². The lowest BCUT2D eigenvalue weighted by Gasteiger charge is -2.12. The Labute approximate surface area is 115 Å². The van der Waals surface area contributed by atoms with Crippen LogP contribution < -0.4 is 4.74 Å². The van der Waals surface area contributed by atoms with Crippen molar-refractivity contribution in [2.75, 3.05) is 0 Å². The number of carbonyl (C=O) groups is 1. The van der Waals surface area contributed by atoms with Gasteiger partial charge in [-0.1, -0.05) is 0 Å². The minimum atomic E-state index is -3.78. The van der Waals surface area contributed by atoms with E-state index in [9.17, 15) is 13.2 Å². The molecule has 1 unspecified atom stereocenters. The molecule has 0 fully saturated rings. The zero-order valence-corrected chi connectivity index (χ0v) is 12.0.